The molecule has 0 aromatic heterocycles. The summed E-state index contributed by atoms with van der Waals surface area (Å²) in [5, 5.41) is 0. The summed E-state index contributed by atoms with van der Waals surface area (Å²) in [5.74, 6) is 2.03. The molecule has 0 unspecified atom stereocenters. The minimum atomic E-state index is 0.498. The van der Waals surface area contributed by atoms with Gasteiger partial charge >= 0.3 is 0 Å². The van der Waals surface area contributed by atoms with Crippen LogP contribution < -0.4 is 0 Å². The van der Waals surface area contributed by atoms with Crippen molar-refractivity contribution in [2.24, 2.45) is 17.3 Å². The summed E-state index contributed by atoms with van der Waals surface area (Å²) in [6.07, 6.45) is 10.3. The summed E-state index contributed by atoms with van der Waals surface area (Å²) in [5.41, 5.74) is 0.523. The highest BCUT2D eigenvalue weighted by atomic mass is 16.1. The molecule has 3 aliphatic carbocycles. The fraction of sp³-hybridized carbons (Fsp3) is 0.917. The molecule has 0 N–H and O–H groups in total. The summed E-state index contributed by atoms with van der Waals surface area (Å²) >= 11 is 0. The summed E-state index contributed by atoms with van der Waals surface area (Å²) in [6, 6.07) is 0. The van der Waals surface area contributed by atoms with Crippen molar-refractivity contribution in [3.63, 3.8) is 0 Å². The van der Waals surface area contributed by atoms with Crippen LogP contribution in [0, 0.1) is 17.3 Å². The summed E-state index contributed by atoms with van der Waals surface area (Å²) < 4.78 is 0. The lowest BCUT2D eigenvalue weighted by atomic mass is 9.65. The Hall–Kier alpha value is -0.330. The molecule has 0 bridgehead atoms. The number of carbonyl (C=O) groups is 1. The Morgan fingerprint density at radius 2 is 2.00 bits per heavy atom. The van der Waals surface area contributed by atoms with Crippen molar-refractivity contribution in [3.05, 3.63) is 0 Å². The van der Waals surface area contributed by atoms with Gasteiger partial charge in [-0.25, -0.2) is 0 Å². The van der Waals surface area contributed by atoms with Crippen molar-refractivity contribution in [2.45, 2.75) is 51.4 Å². The molecule has 0 saturated heterocycles. The zero-order valence-electron chi connectivity index (χ0n) is 8.22. The lowest BCUT2D eigenvalue weighted by Crippen LogP contribution is -2.32. The van der Waals surface area contributed by atoms with Crippen molar-refractivity contribution in [1.29, 1.82) is 0 Å². The second kappa shape index (κ2) is 2.59. The second-order valence-corrected chi connectivity index (χ2v) is 5.27. The van der Waals surface area contributed by atoms with Crippen molar-refractivity contribution in [2.75, 3.05) is 0 Å². The Morgan fingerprint density at radius 1 is 1.08 bits per heavy atom. The van der Waals surface area contributed by atoms with E-state index in [9.17, 15) is 4.79 Å². The van der Waals surface area contributed by atoms with Crippen LogP contribution in [-0.2, 0) is 4.79 Å². The number of hydrogen-bond acceptors (Lipinski definition) is 1. The molecule has 1 spiro atoms. The molecule has 0 aliphatic heterocycles. The molecule has 3 atom stereocenters. The average molecular weight is 178 g/mol. The molecule has 3 saturated carbocycles. The molecule has 0 radical (unpaired) electrons. The monoisotopic (exact) mass is 178 g/mol. The first kappa shape index (κ1) is 8.02. The molecule has 0 aromatic carbocycles. The first-order chi connectivity index (χ1) is 6.33. The number of carbonyl (C=O) groups excluding carboxylic acids is 1. The molecule has 3 rings (SSSR count). The van der Waals surface area contributed by atoms with Gasteiger partial charge in [-0.3, -0.25) is 4.79 Å². The zero-order valence-corrected chi connectivity index (χ0v) is 8.22. The predicted octanol–water partition coefficient (Wildman–Crippen LogP) is 2.94. The molecule has 0 aromatic rings. The molecule has 1 heteroatoms. The Morgan fingerprint density at radius 3 is 2.92 bits per heavy atom. The molecular weight excluding hydrogens is 160 g/mol. The van der Waals surface area contributed by atoms with E-state index in [1.54, 1.807) is 0 Å². The molecule has 1 nitrogen and oxygen atoms in total. The third kappa shape index (κ3) is 0.908. The molecule has 72 valence electrons. The highest BCUT2D eigenvalue weighted by Gasteiger charge is 2.56. The van der Waals surface area contributed by atoms with Gasteiger partial charge < -0.3 is 0 Å². The standard InChI is InChI=1S/C12H18O/c13-11-6-8-12-7-2-1-3-9(12)4-5-10(11)12/h9-10H,1-8H2/t9-,10+,12+/m0/s1. The van der Waals surface area contributed by atoms with Crippen LogP contribution in [0.4, 0.5) is 0 Å². The van der Waals surface area contributed by atoms with E-state index in [0.29, 0.717) is 17.1 Å². The quantitative estimate of drug-likeness (QED) is 0.557. The lowest BCUT2D eigenvalue weighted by Gasteiger charge is -2.39. The fourth-order valence-corrected chi connectivity index (χ4v) is 4.40. The largest absolute Gasteiger partial charge is 0.299 e. The maximum Gasteiger partial charge on any atom is 0.136 e. The first-order valence-electron chi connectivity index (χ1n) is 5.86. The third-order valence-corrected chi connectivity index (χ3v) is 4.98. The number of hydrogen-bond donors (Lipinski definition) is 0. The van der Waals surface area contributed by atoms with E-state index in [0.717, 1.165) is 12.3 Å². The number of Topliss-reactive ketones (excluding diaryl/α,β-unsaturated/α-hetero) is 1. The van der Waals surface area contributed by atoms with Gasteiger partial charge in [-0.1, -0.05) is 12.8 Å². The second-order valence-electron chi connectivity index (χ2n) is 5.27. The maximum absolute atomic E-state index is 11.7. The van der Waals surface area contributed by atoms with E-state index < -0.39 is 0 Å². The van der Waals surface area contributed by atoms with Crippen LogP contribution in [0.3, 0.4) is 0 Å². The number of ketones is 1. The molecular formula is C12H18O. The van der Waals surface area contributed by atoms with Gasteiger partial charge in [-0.15, -0.1) is 0 Å². The van der Waals surface area contributed by atoms with Crippen LogP contribution in [0.15, 0.2) is 0 Å². The normalized spacial score (nSPS) is 49.1. The Kier molecular flexibility index (Phi) is 1.59. The van der Waals surface area contributed by atoms with Gasteiger partial charge in [0, 0.05) is 12.3 Å². The van der Waals surface area contributed by atoms with E-state index >= 15 is 0 Å². The van der Waals surface area contributed by atoms with Crippen molar-refractivity contribution in [3.8, 4) is 0 Å². The maximum atomic E-state index is 11.7. The fourth-order valence-electron chi connectivity index (χ4n) is 4.40. The third-order valence-electron chi connectivity index (χ3n) is 4.98. The number of rotatable bonds is 0. The van der Waals surface area contributed by atoms with Gasteiger partial charge in [-0.05, 0) is 43.4 Å². The Balaban J connectivity index is 1.96. The van der Waals surface area contributed by atoms with Gasteiger partial charge in [0.05, 0.1) is 0 Å². The van der Waals surface area contributed by atoms with Gasteiger partial charge in [0.25, 0.3) is 0 Å². The van der Waals surface area contributed by atoms with Crippen molar-refractivity contribution < 1.29 is 4.79 Å². The van der Waals surface area contributed by atoms with Gasteiger partial charge in [0.15, 0.2) is 0 Å². The Bertz CT molecular complexity index is 246. The van der Waals surface area contributed by atoms with Crippen LogP contribution in [0.5, 0.6) is 0 Å². The van der Waals surface area contributed by atoms with E-state index in [1.165, 1.54) is 44.9 Å². The van der Waals surface area contributed by atoms with Crippen LogP contribution in [-0.4, -0.2) is 5.78 Å². The molecule has 3 aliphatic rings. The zero-order chi connectivity index (χ0) is 8.89. The van der Waals surface area contributed by atoms with Gasteiger partial charge in [0.1, 0.15) is 5.78 Å². The van der Waals surface area contributed by atoms with E-state index in [2.05, 4.69) is 0 Å². The van der Waals surface area contributed by atoms with Gasteiger partial charge in [-0.2, -0.15) is 0 Å². The van der Waals surface area contributed by atoms with Crippen molar-refractivity contribution >= 4 is 5.78 Å². The molecule has 3 fully saturated rings. The van der Waals surface area contributed by atoms with Crippen LogP contribution >= 0.6 is 0 Å². The predicted molar refractivity (Wildman–Crippen MR) is 51.4 cm³/mol. The summed E-state index contributed by atoms with van der Waals surface area (Å²) in [7, 11) is 0. The van der Waals surface area contributed by atoms with Gasteiger partial charge in [0.2, 0.25) is 0 Å². The van der Waals surface area contributed by atoms with E-state index in [4.69, 9.17) is 0 Å². The smallest absolute Gasteiger partial charge is 0.136 e. The average Bonchev–Trinajstić information content (AvgIpc) is 2.65. The molecule has 13 heavy (non-hydrogen) atoms. The van der Waals surface area contributed by atoms with Crippen LogP contribution in [0.1, 0.15) is 51.4 Å². The minimum absolute atomic E-state index is 0.498. The van der Waals surface area contributed by atoms with Crippen LogP contribution in [0.25, 0.3) is 0 Å². The minimum Gasteiger partial charge on any atom is -0.299 e. The van der Waals surface area contributed by atoms with Crippen LogP contribution in [0.2, 0.25) is 0 Å². The highest BCUT2D eigenvalue weighted by molar-refractivity contribution is 5.84. The van der Waals surface area contributed by atoms with E-state index in [1.807, 2.05) is 0 Å². The SMILES string of the molecule is O=C1CC[C@]23CCCC[C@H]2CC[C@H]13. The lowest BCUT2D eigenvalue weighted by molar-refractivity contribution is -0.122. The molecule has 0 amide bonds. The highest BCUT2D eigenvalue weighted by Crippen LogP contribution is 2.61. The van der Waals surface area contributed by atoms with E-state index in [-0.39, 0.29) is 0 Å². The topological polar surface area (TPSA) is 17.1 Å². The molecule has 0 heterocycles. The first-order valence-corrected chi connectivity index (χ1v) is 5.86. The summed E-state index contributed by atoms with van der Waals surface area (Å²) in [6.45, 7) is 0. The summed E-state index contributed by atoms with van der Waals surface area (Å²) in [4.78, 5) is 11.7. The van der Waals surface area contributed by atoms with Crippen molar-refractivity contribution in [1.82, 2.24) is 0 Å². The Labute approximate surface area is 79.9 Å².